The van der Waals surface area contributed by atoms with Gasteiger partial charge in [0.15, 0.2) is 0 Å². The van der Waals surface area contributed by atoms with E-state index in [4.69, 9.17) is 5.73 Å². The first-order chi connectivity index (χ1) is 9.22. The van der Waals surface area contributed by atoms with Gasteiger partial charge in [0.1, 0.15) is 5.82 Å². The Morgan fingerprint density at radius 1 is 1.21 bits per heavy atom. The number of rotatable bonds is 1. The van der Waals surface area contributed by atoms with Gasteiger partial charge in [0.25, 0.3) is 0 Å². The molecule has 1 fully saturated rings. The maximum atomic E-state index is 9.46. The predicted molar refractivity (Wildman–Crippen MR) is 76.6 cm³/mol. The van der Waals surface area contributed by atoms with Crippen LogP contribution in [0, 0.1) is 5.92 Å². The van der Waals surface area contributed by atoms with Crippen LogP contribution in [0.2, 0.25) is 0 Å². The molecule has 2 aliphatic rings. The second-order valence-electron chi connectivity index (χ2n) is 5.62. The molecule has 1 aromatic carbocycles. The van der Waals surface area contributed by atoms with Crippen molar-refractivity contribution < 1.29 is 5.11 Å². The third-order valence-corrected chi connectivity index (χ3v) is 4.42. The van der Waals surface area contributed by atoms with E-state index in [0.717, 1.165) is 30.3 Å². The van der Waals surface area contributed by atoms with Gasteiger partial charge in [-0.1, -0.05) is 29.8 Å². The van der Waals surface area contributed by atoms with Gasteiger partial charge in [-0.15, -0.1) is 0 Å². The molecular formula is C16H16N2O. The Morgan fingerprint density at radius 3 is 2.79 bits per heavy atom. The fraction of sp³-hybridized carbons (Fsp3) is 0.312. The van der Waals surface area contributed by atoms with Gasteiger partial charge in [0.2, 0.25) is 0 Å². The quantitative estimate of drug-likeness (QED) is 0.820. The van der Waals surface area contributed by atoms with Crippen molar-refractivity contribution in [3.05, 3.63) is 41.0 Å². The average molecular weight is 252 g/mol. The third kappa shape index (κ3) is 1.58. The number of hydrogen-bond donors (Lipinski definition) is 2. The summed E-state index contributed by atoms with van der Waals surface area (Å²) in [5, 5.41) is 10.7. The van der Waals surface area contributed by atoms with Crippen molar-refractivity contribution in [2.24, 2.45) is 5.92 Å². The van der Waals surface area contributed by atoms with Crippen molar-refractivity contribution in [2.45, 2.75) is 25.4 Å². The zero-order chi connectivity index (χ0) is 13.0. The van der Waals surface area contributed by atoms with Crippen molar-refractivity contribution in [3.8, 4) is 0 Å². The summed E-state index contributed by atoms with van der Waals surface area (Å²) in [6.07, 6.45) is 4.83. The van der Waals surface area contributed by atoms with E-state index in [1.54, 1.807) is 0 Å². The Labute approximate surface area is 111 Å². The number of allylic oxidation sites excluding steroid dienone is 1. The number of aromatic nitrogens is 1. The van der Waals surface area contributed by atoms with E-state index in [-0.39, 0.29) is 6.10 Å². The topological polar surface area (TPSA) is 59.1 Å². The summed E-state index contributed by atoms with van der Waals surface area (Å²) in [6.45, 7) is 0. The summed E-state index contributed by atoms with van der Waals surface area (Å²) in [6, 6.07) is 8.17. The lowest BCUT2D eigenvalue weighted by Gasteiger charge is -2.32. The molecule has 2 aromatic rings. The molecular weight excluding hydrogens is 236 g/mol. The number of nitrogens with zero attached hydrogens (tertiary/aromatic N) is 1. The first-order valence-corrected chi connectivity index (χ1v) is 6.78. The van der Waals surface area contributed by atoms with E-state index in [1.165, 1.54) is 16.5 Å². The first kappa shape index (κ1) is 11.0. The number of aliphatic hydroxyl groups excluding tert-OH is 1. The minimum absolute atomic E-state index is 0.109. The minimum atomic E-state index is -0.109. The summed E-state index contributed by atoms with van der Waals surface area (Å²) in [5.41, 5.74) is 10.9. The lowest BCUT2D eigenvalue weighted by molar-refractivity contribution is 0.0580. The summed E-state index contributed by atoms with van der Waals surface area (Å²) >= 11 is 0. The Kier molecular flexibility index (Phi) is 2.21. The van der Waals surface area contributed by atoms with Crippen LogP contribution < -0.4 is 5.73 Å². The molecule has 1 saturated carbocycles. The standard InChI is InChI=1S/C16H16N2O/c17-16-14-8-10(9-5-11(19)6-9)7-13(14)12-3-1-2-4-15(12)18-16/h1-4,8-9,11,19H,5-7H2,(H2,17,18). The largest absolute Gasteiger partial charge is 0.393 e. The highest BCUT2D eigenvalue weighted by Crippen LogP contribution is 2.42. The van der Waals surface area contributed by atoms with Crippen LogP contribution >= 0.6 is 0 Å². The van der Waals surface area contributed by atoms with E-state index in [9.17, 15) is 5.11 Å². The zero-order valence-corrected chi connectivity index (χ0v) is 10.6. The molecule has 0 atom stereocenters. The van der Waals surface area contributed by atoms with Crippen molar-refractivity contribution in [3.63, 3.8) is 0 Å². The highest BCUT2D eigenvalue weighted by Gasteiger charge is 2.33. The van der Waals surface area contributed by atoms with Gasteiger partial charge in [-0.05, 0) is 36.8 Å². The Bertz CT molecular complexity index is 699. The molecule has 3 N–H and O–H groups in total. The number of nitrogens with two attached hydrogens (primary N) is 1. The van der Waals surface area contributed by atoms with E-state index in [2.05, 4.69) is 17.1 Å². The van der Waals surface area contributed by atoms with Gasteiger partial charge in [-0.2, -0.15) is 0 Å². The van der Waals surface area contributed by atoms with E-state index < -0.39 is 0 Å². The van der Waals surface area contributed by atoms with E-state index in [1.807, 2.05) is 18.2 Å². The van der Waals surface area contributed by atoms with Gasteiger partial charge in [0, 0.05) is 10.9 Å². The minimum Gasteiger partial charge on any atom is -0.393 e. The van der Waals surface area contributed by atoms with Crippen molar-refractivity contribution in [2.75, 3.05) is 5.73 Å². The van der Waals surface area contributed by atoms with Gasteiger partial charge in [-0.25, -0.2) is 4.98 Å². The molecule has 96 valence electrons. The smallest absolute Gasteiger partial charge is 0.131 e. The molecule has 4 rings (SSSR count). The molecule has 0 amide bonds. The van der Waals surface area contributed by atoms with E-state index >= 15 is 0 Å². The fourth-order valence-electron chi connectivity index (χ4n) is 3.26. The van der Waals surface area contributed by atoms with Crippen LogP contribution in [0.3, 0.4) is 0 Å². The van der Waals surface area contributed by atoms with Crippen LogP contribution in [-0.2, 0) is 6.42 Å². The van der Waals surface area contributed by atoms with E-state index in [0.29, 0.717) is 11.7 Å². The van der Waals surface area contributed by atoms with Crippen LogP contribution in [0.15, 0.2) is 29.8 Å². The van der Waals surface area contributed by atoms with Crippen LogP contribution in [0.25, 0.3) is 17.0 Å². The number of anilines is 1. The predicted octanol–water partition coefficient (Wildman–Crippen LogP) is 2.53. The highest BCUT2D eigenvalue weighted by atomic mass is 16.3. The lowest BCUT2D eigenvalue weighted by Crippen LogP contribution is -2.29. The number of pyridine rings is 1. The van der Waals surface area contributed by atoms with Crippen LogP contribution in [-0.4, -0.2) is 16.2 Å². The maximum absolute atomic E-state index is 9.46. The van der Waals surface area contributed by atoms with Gasteiger partial charge in [-0.3, -0.25) is 0 Å². The van der Waals surface area contributed by atoms with Gasteiger partial charge < -0.3 is 10.8 Å². The van der Waals surface area contributed by atoms with Crippen LogP contribution in [0.1, 0.15) is 24.0 Å². The summed E-state index contributed by atoms with van der Waals surface area (Å²) in [7, 11) is 0. The molecule has 19 heavy (non-hydrogen) atoms. The molecule has 0 bridgehead atoms. The molecule has 1 aromatic heterocycles. The number of nitrogen functional groups attached to an aromatic ring is 1. The van der Waals surface area contributed by atoms with Crippen LogP contribution in [0.4, 0.5) is 5.82 Å². The van der Waals surface area contributed by atoms with Gasteiger partial charge in [0.05, 0.1) is 11.6 Å². The normalized spacial score (nSPS) is 25.0. The number of fused-ring (bicyclic) bond motifs is 3. The lowest BCUT2D eigenvalue weighted by atomic mass is 9.76. The zero-order valence-electron chi connectivity index (χ0n) is 10.6. The SMILES string of the molecule is Nc1nc2ccccc2c2c1C=C(C1CC(O)C1)C2. The molecule has 2 aliphatic carbocycles. The second kappa shape index (κ2) is 3.81. The summed E-state index contributed by atoms with van der Waals surface area (Å²) in [5.74, 6) is 1.16. The number of benzene rings is 1. The fourth-order valence-corrected chi connectivity index (χ4v) is 3.26. The van der Waals surface area contributed by atoms with Crippen molar-refractivity contribution in [1.82, 2.24) is 4.98 Å². The molecule has 0 saturated heterocycles. The molecule has 3 nitrogen and oxygen atoms in total. The summed E-state index contributed by atoms with van der Waals surface area (Å²) in [4.78, 5) is 4.48. The number of hydrogen-bond acceptors (Lipinski definition) is 3. The first-order valence-electron chi connectivity index (χ1n) is 6.78. The molecule has 0 spiro atoms. The highest BCUT2D eigenvalue weighted by molar-refractivity contribution is 5.91. The van der Waals surface area contributed by atoms with Crippen LogP contribution in [0.5, 0.6) is 0 Å². The van der Waals surface area contributed by atoms with Crippen molar-refractivity contribution in [1.29, 1.82) is 0 Å². The Morgan fingerprint density at radius 2 is 2.00 bits per heavy atom. The molecule has 0 aliphatic heterocycles. The second-order valence-corrected chi connectivity index (χ2v) is 5.62. The molecule has 1 heterocycles. The monoisotopic (exact) mass is 252 g/mol. The average Bonchev–Trinajstić information content (AvgIpc) is 2.80. The number of aliphatic hydroxyl groups is 1. The Hall–Kier alpha value is -1.87. The third-order valence-electron chi connectivity index (χ3n) is 4.42. The summed E-state index contributed by atoms with van der Waals surface area (Å²) < 4.78 is 0. The van der Waals surface area contributed by atoms with Crippen molar-refractivity contribution >= 4 is 22.8 Å². The molecule has 0 radical (unpaired) electrons. The molecule has 3 heteroatoms. The Balaban J connectivity index is 1.81. The maximum Gasteiger partial charge on any atom is 0.131 e. The van der Waals surface area contributed by atoms with Gasteiger partial charge >= 0.3 is 0 Å². The number of para-hydroxylation sites is 1. The molecule has 0 unspecified atom stereocenters.